The largest absolute Gasteiger partial charge is 3.00 e. The average molecular weight is 381 g/mol. The minimum atomic E-state index is -1.75. The van der Waals surface area contributed by atoms with Crippen LogP contribution in [-0.2, 0) is 21.1 Å². The maximum absolute atomic E-state index is 8.25. The van der Waals surface area contributed by atoms with Crippen molar-refractivity contribution in [1.29, 1.82) is 0 Å². The van der Waals surface area contributed by atoms with E-state index in [1.165, 1.54) is 0 Å². The third-order valence-corrected chi connectivity index (χ3v) is 0. The van der Waals surface area contributed by atoms with Gasteiger partial charge in [0.25, 0.3) is 0 Å². The zero-order chi connectivity index (χ0) is 10.7. The fourth-order valence-electron chi connectivity index (χ4n) is 0. The summed E-state index contributed by atoms with van der Waals surface area (Å²) in [5, 5.41) is 44.2. The Morgan fingerprint density at radius 2 is 0.538 bits per heavy atom. The van der Waals surface area contributed by atoms with Crippen molar-refractivity contribution in [3.05, 3.63) is 46.0 Å². The molecule has 13 heavy (non-hydrogen) atoms. The van der Waals surface area contributed by atoms with Crippen molar-refractivity contribution in [2.75, 3.05) is 0 Å². The molecular formula is N3O9Pt. The van der Waals surface area contributed by atoms with Crippen LogP contribution in [0.25, 0.3) is 0 Å². The first kappa shape index (κ1) is 22.5. The third-order valence-electron chi connectivity index (χ3n) is 0. The van der Waals surface area contributed by atoms with Crippen molar-refractivity contribution in [3.8, 4) is 0 Å². The van der Waals surface area contributed by atoms with Gasteiger partial charge in [-0.25, -0.2) is 0 Å². The van der Waals surface area contributed by atoms with E-state index in [0.29, 0.717) is 0 Å². The number of nitrogens with zero attached hydrogens (tertiary/aromatic N) is 3. The maximum Gasteiger partial charge on any atom is 3.00 e. The van der Waals surface area contributed by atoms with Crippen molar-refractivity contribution in [1.82, 2.24) is 0 Å². The van der Waals surface area contributed by atoms with E-state index in [1.54, 1.807) is 0 Å². The van der Waals surface area contributed by atoms with Crippen molar-refractivity contribution >= 4 is 0 Å². The van der Waals surface area contributed by atoms with Crippen LogP contribution in [0.4, 0.5) is 0 Å². The first-order valence-electron chi connectivity index (χ1n) is 1.64. The molecule has 0 aliphatic heterocycles. The Kier molecular flexibility index (Phi) is 28.9. The molecule has 0 atom stereocenters. The fraction of sp³-hybridized carbons (Fsp3) is 0. The van der Waals surface area contributed by atoms with E-state index in [9.17, 15) is 0 Å². The van der Waals surface area contributed by atoms with Gasteiger partial charge in [-0.05, 0) is 0 Å². The third kappa shape index (κ3) is 241. The van der Waals surface area contributed by atoms with Crippen molar-refractivity contribution in [3.63, 3.8) is 0 Å². The Bertz CT molecular complexity index is 112. The summed E-state index contributed by atoms with van der Waals surface area (Å²) in [5.74, 6) is 0. The second-order valence-electron chi connectivity index (χ2n) is 0.671. The summed E-state index contributed by atoms with van der Waals surface area (Å²) in [5.41, 5.74) is 0. The number of hydrogen-bond acceptors (Lipinski definition) is 9. The summed E-state index contributed by atoms with van der Waals surface area (Å²) in [7, 11) is 0. The molecule has 0 rings (SSSR count). The summed E-state index contributed by atoms with van der Waals surface area (Å²) in [4.78, 5) is 24.8. The molecule has 0 fully saturated rings. The molecule has 0 bridgehead atoms. The number of rotatable bonds is 0. The predicted octanol–water partition coefficient (Wildman–Crippen LogP) is -0.720. The van der Waals surface area contributed by atoms with Gasteiger partial charge >= 0.3 is 21.1 Å². The van der Waals surface area contributed by atoms with E-state index < -0.39 is 15.3 Å². The van der Waals surface area contributed by atoms with Gasteiger partial charge in [-0.3, -0.25) is 0 Å². The van der Waals surface area contributed by atoms with E-state index >= 15 is 0 Å². The minimum Gasteiger partial charge on any atom is -0.356 e. The van der Waals surface area contributed by atoms with Crippen LogP contribution in [0.1, 0.15) is 0 Å². The molecule has 0 aromatic rings. The number of hydrogen-bond donors (Lipinski definition) is 0. The Morgan fingerprint density at radius 1 is 0.538 bits per heavy atom. The Morgan fingerprint density at radius 3 is 0.538 bits per heavy atom. The van der Waals surface area contributed by atoms with Crippen LogP contribution in [0.3, 0.4) is 0 Å². The summed E-state index contributed by atoms with van der Waals surface area (Å²) >= 11 is 0. The molecule has 0 saturated heterocycles. The SMILES string of the molecule is O=[N+]([O-])[O-].O=[N+]([O-])[O-].O=[N+]([O-])[O-].[Pt+3]. The van der Waals surface area contributed by atoms with Crippen LogP contribution in [0.15, 0.2) is 0 Å². The Balaban J connectivity index is -0.0000000450. The molecule has 0 aliphatic rings. The topological polar surface area (TPSA) is 199 Å². The molecule has 0 aromatic carbocycles. The minimum absolute atomic E-state index is 0. The summed E-state index contributed by atoms with van der Waals surface area (Å²) < 4.78 is 0. The molecule has 0 saturated carbocycles. The van der Waals surface area contributed by atoms with E-state index in [4.69, 9.17) is 46.0 Å². The molecule has 0 amide bonds. The Labute approximate surface area is 83.0 Å². The summed E-state index contributed by atoms with van der Waals surface area (Å²) in [6.45, 7) is 0. The monoisotopic (exact) mass is 381 g/mol. The molecule has 0 heterocycles. The standard InChI is InChI=1S/3NO3.Pt/c3*2-1(3)4;/q3*-1;+3. The predicted molar refractivity (Wildman–Crippen MR) is 31.1 cm³/mol. The van der Waals surface area contributed by atoms with Crippen LogP contribution >= 0.6 is 0 Å². The van der Waals surface area contributed by atoms with Gasteiger partial charge < -0.3 is 46.0 Å². The normalized spacial score (nSPS) is 5.54. The van der Waals surface area contributed by atoms with Crippen LogP contribution in [0.2, 0.25) is 0 Å². The molecule has 0 N–H and O–H groups in total. The van der Waals surface area contributed by atoms with Gasteiger partial charge in [0, 0.05) is 0 Å². The van der Waals surface area contributed by atoms with E-state index in [1.807, 2.05) is 0 Å². The maximum atomic E-state index is 8.25. The molecular weight excluding hydrogens is 381 g/mol. The van der Waals surface area contributed by atoms with Crippen molar-refractivity contribution in [2.45, 2.75) is 0 Å². The van der Waals surface area contributed by atoms with E-state index in [-0.39, 0.29) is 21.1 Å². The second-order valence-corrected chi connectivity index (χ2v) is 0.671. The first-order valence-corrected chi connectivity index (χ1v) is 1.64. The molecule has 0 aliphatic carbocycles. The van der Waals surface area contributed by atoms with Crippen LogP contribution < -0.4 is 0 Å². The molecule has 0 aromatic heterocycles. The van der Waals surface area contributed by atoms with E-state index in [0.717, 1.165) is 0 Å². The molecule has 79 valence electrons. The van der Waals surface area contributed by atoms with Crippen LogP contribution in [-0.4, -0.2) is 15.3 Å². The van der Waals surface area contributed by atoms with Gasteiger partial charge in [0.2, 0.25) is 0 Å². The van der Waals surface area contributed by atoms with Gasteiger partial charge in [0.15, 0.2) is 0 Å². The fourth-order valence-corrected chi connectivity index (χ4v) is 0. The average Bonchev–Trinajstić information content (AvgIpc) is 1.54. The van der Waals surface area contributed by atoms with Crippen molar-refractivity contribution < 1.29 is 36.3 Å². The van der Waals surface area contributed by atoms with Gasteiger partial charge in [0.1, 0.15) is 0 Å². The molecule has 0 spiro atoms. The molecule has 0 unspecified atom stereocenters. The van der Waals surface area contributed by atoms with Crippen LogP contribution in [0, 0.1) is 46.0 Å². The van der Waals surface area contributed by atoms with Gasteiger partial charge in [-0.1, -0.05) is 0 Å². The summed E-state index contributed by atoms with van der Waals surface area (Å²) in [6, 6.07) is 0. The van der Waals surface area contributed by atoms with Crippen molar-refractivity contribution in [2.24, 2.45) is 0 Å². The zero-order valence-corrected chi connectivity index (χ0v) is 7.60. The first-order chi connectivity index (χ1) is 5.20. The smallest absolute Gasteiger partial charge is 0.356 e. The second kappa shape index (κ2) is 16.7. The van der Waals surface area contributed by atoms with Gasteiger partial charge in [0.05, 0.1) is 15.3 Å². The molecule has 12 nitrogen and oxygen atoms in total. The van der Waals surface area contributed by atoms with Gasteiger partial charge in [-0.2, -0.15) is 0 Å². The Hall–Kier alpha value is -1.71. The van der Waals surface area contributed by atoms with E-state index in [2.05, 4.69) is 0 Å². The molecule has 13 heteroatoms. The molecule has 1 radical (unpaired) electrons. The van der Waals surface area contributed by atoms with Gasteiger partial charge in [-0.15, -0.1) is 0 Å². The van der Waals surface area contributed by atoms with Crippen LogP contribution in [0.5, 0.6) is 0 Å². The quantitative estimate of drug-likeness (QED) is 0.383. The summed E-state index contributed by atoms with van der Waals surface area (Å²) in [6.07, 6.45) is 0. The zero-order valence-electron chi connectivity index (χ0n) is 5.33.